The Morgan fingerprint density at radius 3 is 2.85 bits per heavy atom. The minimum atomic E-state index is -0.280. The Morgan fingerprint density at radius 2 is 2.12 bits per heavy atom. The van der Waals surface area contributed by atoms with Crippen molar-refractivity contribution in [3.63, 3.8) is 0 Å². The van der Waals surface area contributed by atoms with Gasteiger partial charge in [-0.25, -0.2) is 9.78 Å². The molecule has 176 valence electrons. The second kappa shape index (κ2) is 8.53. The molecule has 2 fully saturated rings. The van der Waals surface area contributed by atoms with Crippen molar-refractivity contribution >= 4 is 35.5 Å². The summed E-state index contributed by atoms with van der Waals surface area (Å²) >= 11 is 1.77. The summed E-state index contributed by atoms with van der Waals surface area (Å²) in [5, 5.41) is 11.5. The number of ether oxygens (including phenoxy) is 1. The lowest BCUT2D eigenvalue weighted by Crippen LogP contribution is -2.37. The van der Waals surface area contributed by atoms with Gasteiger partial charge in [-0.05, 0) is 31.9 Å². The van der Waals surface area contributed by atoms with Gasteiger partial charge in [0.2, 0.25) is 0 Å². The number of rotatable bonds is 6. The van der Waals surface area contributed by atoms with Crippen LogP contribution in [-0.2, 0) is 4.74 Å². The van der Waals surface area contributed by atoms with E-state index in [1.165, 1.54) is 4.88 Å². The molecule has 1 saturated heterocycles. The molecule has 0 amide bonds. The molecule has 0 bridgehead atoms. The minimum Gasteiger partial charge on any atom is -0.379 e. The molecule has 34 heavy (non-hydrogen) atoms. The Balaban J connectivity index is 1.42. The Labute approximate surface area is 199 Å². The maximum Gasteiger partial charge on any atom is 0.323 e. The number of imidazole rings is 1. The zero-order valence-corrected chi connectivity index (χ0v) is 19.8. The summed E-state index contributed by atoms with van der Waals surface area (Å²) in [4.78, 5) is 25.9. The van der Waals surface area contributed by atoms with Gasteiger partial charge in [0.25, 0.3) is 0 Å². The highest BCUT2D eigenvalue weighted by Gasteiger charge is 2.24. The summed E-state index contributed by atoms with van der Waals surface area (Å²) < 4.78 is 7.35. The Morgan fingerprint density at radius 1 is 1.29 bits per heavy atom. The molecule has 1 unspecified atom stereocenters. The van der Waals surface area contributed by atoms with Crippen molar-refractivity contribution in [2.75, 3.05) is 31.6 Å². The Hall–Kier alpha value is -3.21. The van der Waals surface area contributed by atoms with Gasteiger partial charge in [-0.2, -0.15) is 9.61 Å². The normalized spacial score (nSPS) is 18.6. The van der Waals surface area contributed by atoms with Crippen LogP contribution >= 0.6 is 11.3 Å². The fraction of sp³-hybridized carbons (Fsp3) is 0.375. The monoisotopic (exact) mass is 477 g/mol. The standard InChI is InChI=1S/C24H27N7O2S/c1-14-19(29-24(32)26-14)9-16-12-25-31-22(27-18-3-4-18)11-20(28-23(16)31)17-10-21(34-13-17)15(2)30-5-7-33-8-6-30/h9-13,15,18,27H,1,3-8H2,2H3,(H2,26,29,32)/b19-9-. The maximum absolute atomic E-state index is 11.7. The summed E-state index contributed by atoms with van der Waals surface area (Å²) in [5.74, 6) is 0.925. The lowest BCUT2D eigenvalue weighted by Gasteiger charge is -2.31. The number of hydrogen-bond acceptors (Lipinski definition) is 7. The first kappa shape index (κ1) is 21.3. The number of H-pyrrole nitrogens is 2. The molecule has 4 aromatic heterocycles. The summed E-state index contributed by atoms with van der Waals surface area (Å²) in [6.07, 6.45) is 5.96. The van der Waals surface area contributed by atoms with Crippen molar-refractivity contribution in [3.8, 4) is 11.3 Å². The molecule has 1 atom stereocenters. The van der Waals surface area contributed by atoms with Crippen LogP contribution in [0.3, 0.4) is 0 Å². The highest BCUT2D eigenvalue weighted by Crippen LogP contribution is 2.34. The molecule has 4 aromatic rings. The molecule has 0 spiro atoms. The first-order valence-electron chi connectivity index (χ1n) is 11.6. The predicted molar refractivity (Wildman–Crippen MR) is 134 cm³/mol. The van der Waals surface area contributed by atoms with Crippen molar-refractivity contribution in [2.45, 2.75) is 31.8 Å². The first-order valence-corrected chi connectivity index (χ1v) is 12.5. The van der Waals surface area contributed by atoms with Crippen LogP contribution in [0, 0.1) is 0 Å². The highest BCUT2D eigenvalue weighted by atomic mass is 32.1. The van der Waals surface area contributed by atoms with Gasteiger partial charge in [-0.1, -0.05) is 6.58 Å². The molecular weight excluding hydrogens is 450 g/mol. The van der Waals surface area contributed by atoms with E-state index in [9.17, 15) is 4.79 Å². The number of anilines is 1. The first-order chi connectivity index (χ1) is 16.5. The third kappa shape index (κ3) is 4.08. The molecule has 6 rings (SSSR count). The van der Waals surface area contributed by atoms with E-state index in [0.29, 0.717) is 22.8 Å². The number of morpholine rings is 1. The van der Waals surface area contributed by atoms with Gasteiger partial charge < -0.3 is 20.0 Å². The predicted octanol–water partition coefficient (Wildman–Crippen LogP) is 1.68. The van der Waals surface area contributed by atoms with Gasteiger partial charge in [0, 0.05) is 52.6 Å². The summed E-state index contributed by atoms with van der Waals surface area (Å²) in [6, 6.07) is 5.15. The van der Waals surface area contributed by atoms with Gasteiger partial charge in [0.1, 0.15) is 5.82 Å². The SMILES string of the molecule is C=c1[nH]c(=O)[nH]/c1=C\c1cnn2c(NC3CC3)cc(-c3csc(C(C)N4CCOCC4)c3)nc12. The zero-order chi connectivity index (χ0) is 23.2. The van der Waals surface area contributed by atoms with E-state index in [-0.39, 0.29) is 5.69 Å². The molecule has 0 radical (unpaired) electrons. The molecule has 10 heteroatoms. The molecule has 3 N–H and O–H groups in total. The molecule has 0 aromatic carbocycles. The van der Waals surface area contributed by atoms with Gasteiger partial charge >= 0.3 is 5.69 Å². The summed E-state index contributed by atoms with van der Waals surface area (Å²) in [7, 11) is 0. The van der Waals surface area contributed by atoms with Crippen molar-refractivity contribution in [1.29, 1.82) is 0 Å². The van der Waals surface area contributed by atoms with E-state index in [0.717, 1.165) is 67.4 Å². The van der Waals surface area contributed by atoms with Crippen LogP contribution in [0.5, 0.6) is 0 Å². The Kier molecular flexibility index (Phi) is 5.35. The van der Waals surface area contributed by atoms with Crippen LogP contribution in [0.15, 0.2) is 28.5 Å². The van der Waals surface area contributed by atoms with E-state index in [2.05, 4.69) is 56.3 Å². The van der Waals surface area contributed by atoms with Crippen LogP contribution in [0.4, 0.5) is 5.82 Å². The molecule has 9 nitrogen and oxygen atoms in total. The molecular formula is C24H27N7O2S. The van der Waals surface area contributed by atoms with Crippen molar-refractivity contribution in [1.82, 2.24) is 29.5 Å². The number of hydrogen-bond donors (Lipinski definition) is 3. The second-order valence-electron chi connectivity index (χ2n) is 8.96. The van der Waals surface area contributed by atoms with E-state index >= 15 is 0 Å². The fourth-order valence-corrected chi connectivity index (χ4v) is 5.33. The Bertz CT molecular complexity index is 1500. The second-order valence-corrected chi connectivity index (χ2v) is 9.90. The van der Waals surface area contributed by atoms with E-state index in [4.69, 9.17) is 9.72 Å². The molecule has 1 aliphatic carbocycles. The van der Waals surface area contributed by atoms with Crippen LogP contribution in [-0.4, -0.2) is 61.8 Å². The van der Waals surface area contributed by atoms with Crippen LogP contribution in [0.2, 0.25) is 0 Å². The number of fused-ring (bicyclic) bond motifs is 1. The fourth-order valence-electron chi connectivity index (χ4n) is 4.33. The number of aromatic nitrogens is 5. The van der Waals surface area contributed by atoms with Gasteiger partial charge in [-0.15, -0.1) is 11.3 Å². The molecule has 5 heterocycles. The highest BCUT2D eigenvalue weighted by molar-refractivity contribution is 7.10. The minimum absolute atomic E-state index is 0.280. The van der Waals surface area contributed by atoms with Crippen molar-refractivity contribution in [2.24, 2.45) is 0 Å². The largest absolute Gasteiger partial charge is 0.379 e. The van der Waals surface area contributed by atoms with Crippen molar-refractivity contribution in [3.05, 3.63) is 55.3 Å². The average molecular weight is 478 g/mol. The number of thiophene rings is 1. The zero-order valence-electron chi connectivity index (χ0n) is 19.0. The summed E-state index contributed by atoms with van der Waals surface area (Å²) in [6.45, 7) is 9.66. The van der Waals surface area contributed by atoms with Gasteiger partial charge in [-0.3, -0.25) is 4.90 Å². The topological polar surface area (TPSA) is 103 Å². The van der Waals surface area contributed by atoms with Gasteiger partial charge in [0.05, 0.1) is 35.8 Å². The van der Waals surface area contributed by atoms with E-state index in [1.807, 2.05) is 10.6 Å². The number of nitrogens with zero attached hydrogens (tertiary/aromatic N) is 4. The van der Waals surface area contributed by atoms with Crippen LogP contribution in [0.1, 0.15) is 36.2 Å². The van der Waals surface area contributed by atoms with Crippen LogP contribution in [0.25, 0.3) is 29.6 Å². The number of nitrogens with one attached hydrogen (secondary N) is 3. The molecule has 1 aliphatic heterocycles. The number of aromatic amines is 2. The lowest BCUT2D eigenvalue weighted by molar-refractivity contribution is 0.0205. The summed E-state index contributed by atoms with van der Waals surface area (Å²) in [5.41, 5.74) is 3.27. The van der Waals surface area contributed by atoms with Crippen molar-refractivity contribution < 1.29 is 4.74 Å². The average Bonchev–Trinajstić information content (AvgIpc) is 3.22. The van der Waals surface area contributed by atoms with Crippen LogP contribution < -0.4 is 21.7 Å². The molecule has 2 aliphatic rings. The van der Waals surface area contributed by atoms with E-state index < -0.39 is 0 Å². The third-order valence-electron chi connectivity index (χ3n) is 6.49. The smallest absolute Gasteiger partial charge is 0.323 e. The third-order valence-corrected chi connectivity index (χ3v) is 7.59. The maximum atomic E-state index is 11.7. The van der Waals surface area contributed by atoms with Gasteiger partial charge in [0.15, 0.2) is 5.65 Å². The lowest BCUT2D eigenvalue weighted by atomic mass is 10.1. The molecule has 1 saturated carbocycles. The quantitative estimate of drug-likeness (QED) is 0.391. The van der Waals surface area contributed by atoms with E-state index in [1.54, 1.807) is 17.5 Å².